The molecule has 0 bridgehead atoms. The molecule has 0 aromatic carbocycles. The van der Waals surface area contributed by atoms with Crippen molar-refractivity contribution in [2.45, 2.75) is 52.4 Å². The van der Waals surface area contributed by atoms with Crippen molar-refractivity contribution in [2.24, 2.45) is 17.8 Å². The Morgan fingerprint density at radius 3 is 2.23 bits per heavy atom. The Bertz CT molecular complexity index is 125. The zero-order valence-corrected chi connectivity index (χ0v) is 10.6. The molecule has 1 fully saturated rings. The molecule has 1 heteroatoms. The standard InChI is InChI=1S/C12H23Br/c1-10(2)8-12(9-13)11-6-4-3-5-7-11/h10-12H,3-9H2,1-2H3. The minimum Gasteiger partial charge on any atom is -0.0925 e. The van der Waals surface area contributed by atoms with Crippen molar-refractivity contribution >= 4 is 15.9 Å². The van der Waals surface area contributed by atoms with Crippen LogP contribution >= 0.6 is 15.9 Å². The average Bonchev–Trinajstić information content (AvgIpc) is 2.15. The van der Waals surface area contributed by atoms with Crippen LogP contribution in [-0.4, -0.2) is 5.33 Å². The minimum atomic E-state index is 0.865. The normalized spacial score (nSPS) is 22.2. The maximum Gasteiger partial charge on any atom is 0.00624 e. The van der Waals surface area contributed by atoms with E-state index in [9.17, 15) is 0 Å². The highest BCUT2D eigenvalue weighted by Gasteiger charge is 2.23. The van der Waals surface area contributed by atoms with E-state index in [-0.39, 0.29) is 0 Å². The van der Waals surface area contributed by atoms with Crippen molar-refractivity contribution in [2.75, 3.05) is 5.33 Å². The smallest absolute Gasteiger partial charge is 0.00624 e. The first kappa shape index (κ1) is 11.6. The third kappa shape index (κ3) is 4.01. The van der Waals surface area contributed by atoms with Crippen LogP contribution in [0.3, 0.4) is 0 Å². The fourth-order valence-electron chi connectivity index (χ4n) is 2.59. The molecule has 1 saturated carbocycles. The van der Waals surface area contributed by atoms with E-state index in [4.69, 9.17) is 0 Å². The molecular formula is C12H23Br. The van der Waals surface area contributed by atoms with E-state index in [1.165, 1.54) is 43.9 Å². The Morgan fingerprint density at radius 2 is 1.77 bits per heavy atom. The number of alkyl halides is 1. The first-order chi connectivity index (χ1) is 6.24. The van der Waals surface area contributed by atoms with Gasteiger partial charge in [-0.3, -0.25) is 0 Å². The van der Waals surface area contributed by atoms with Gasteiger partial charge in [0.05, 0.1) is 0 Å². The van der Waals surface area contributed by atoms with Crippen molar-refractivity contribution in [3.8, 4) is 0 Å². The van der Waals surface area contributed by atoms with Crippen molar-refractivity contribution in [1.82, 2.24) is 0 Å². The molecule has 1 aliphatic carbocycles. The van der Waals surface area contributed by atoms with E-state index in [1.54, 1.807) is 0 Å². The Hall–Kier alpha value is 0.480. The molecule has 1 atom stereocenters. The van der Waals surface area contributed by atoms with E-state index >= 15 is 0 Å². The molecule has 1 rings (SSSR count). The largest absolute Gasteiger partial charge is 0.0925 e. The quantitative estimate of drug-likeness (QED) is 0.635. The lowest BCUT2D eigenvalue weighted by Gasteiger charge is -2.30. The molecule has 13 heavy (non-hydrogen) atoms. The Labute approximate surface area is 91.6 Å². The van der Waals surface area contributed by atoms with Crippen molar-refractivity contribution < 1.29 is 0 Å². The molecule has 0 radical (unpaired) electrons. The predicted octanol–water partition coefficient (Wildman–Crippen LogP) is 4.62. The molecule has 1 aliphatic rings. The third-order valence-electron chi connectivity index (χ3n) is 3.29. The number of hydrogen-bond acceptors (Lipinski definition) is 0. The van der Waals surface area contributed by atoms with Crippen LogP contribution < -0.4 is 0 Å². The minimum absolute atomic E-state index is 0.865. The molecule has 1 unspecified atom stereocenters. The zero-order valence-electron chi connectivity index (χ0n) is 9.06. The summed E-state index contributed by atoms with van der Waals surface area (Å²) in [5.41, 5.74) is 0. The van der Waals surface area contributed by atoms with Crippen LogP contribution in [-0.2, 0) is 0 Å². The van der Waals surface area contributed by atoms with Gasteiger partial charge in [-0.2, -0.15) is 0 Å². The summed E-state index contributed by atoms with van der Waals surface area (Å²) in [5.74, 6) is 2.83. The summed E-state index contributed by atoms with van der Waals surface area (Å²) in [7, 11) is 0. The maximum atomic E-state index is 3.68. The van der Waals surface area contributed by atoms with E-state index in [0.29, 0.717) is 0 Å². The van der Waals surface area contributed by atoms with Crippen LogP contribution in [0.15, 0.2) is 0 Å². The summed E-state index contributed by atoms with van der Waals surface area (Å²) < 4.78 is 0. The number of halogens is 1. The Balaban J connectivity index is 2.34. The van der Waals surface area contributed by atoms with Gasteiger partial charge in [0.2, 0.25) is 0 Å². The zero-order chi connectivity index (χ0) is 9.68. The average molecular weight is 247 g/mol. The van der Waals surface area contributed by atoms with Gasteiger partial charge in [-0.1, -0.05) is 61.9 Å². The Morgan fingerprint density at radius 1 is 1.15 bits per heavy atom. The van der Waals surface area contributed by atoms with Crippen LogP contribution in [0, 0.1) is 17.8 Å². The second kappa shape index (κ2) is 6.06. The van der Waals surface area contributed by atoms with E-state index in [2.05, 4.69) is 29.8 Å². The molecule has 0 heterocycles. The van der Waals surface area contributed by atoms with Crippen molar-refractivity contribution in [3.05, 3.63) is 0 Å². The molecule has 0 N–H and O–H groups in total. The molecular weight excluding hydrogens is 224 g/mol. The van der Waals surface area contributed by atoms with Gasteiger partial charge in [-0.25, -0.2) is 0 Å². The second-order valence-corrected chi connectivity index (χ2v) is 5.59. The third-order valence-corrected chi connectivity index (χ3v) is 4.12. The second-order valence-electron chi connectivity index (χ2n) is 4.94. The fourth-order valence-corrected chi connectivity index (χ4v) is 3.39. The monoisotopic (exact) mass is 246 g/mol. The molecule has 0 nitrogen and oxygen atoms in total. The predicted molar refractivity (Wildman–Crippen MR) is 63.3 cm³/mol. The summed E-state index contributed by atoms with van der Waals surface area (Å²) in [6, 6.07) is 0. The molecule has 0 saturated heterocycles. The fraction of sp³-hybridized carbons (Fsp3) is 1.00. The Kier molecular flexibility index (Phi) is 5.38. The number of rotatable bonds is 4. The maximum absolute atomic E-state index is 3.68. The first-order valence-electron chi connectivity index (χ1n) is 5.80. The van der Waals surface area contributed by atoms with Gasteiger partial charge in [-0.15, -0.1) is 0 Å². The van der Waals surface area contributed by atoms with Gasteiger partial charge in [-0.05, 0) is 24.2 Å². The molecule has 0 aromatic heterocycles. The summed E-state index contributed by atoms with van der Waals surface area (Å²) >= 11 is 3.68. The SMILES string of the molecule is CC(C)CC(CBr)C1CCCCC1. The van der Waals surface area contributed by atoms with Crippen LogP contribution in [0.2, 0.25) is 0 Å². The summed E-state index contributed by atoms with van der Waals surface area (Å²) in [4.78, 5) is 0. The summed E-state index contributed by atoms with van der Waals surface area (Å²) in [6.45, 7) is 4.69. The number of hydrogen-bond donors (Lipinski definition) is 0. The summed E-state index contributed by atoms with van der Waals surface area (Å²) in [5, 5.41) is 1.22. The van der Waals surface area contributed by atoms with E-state index < -0.39 is 0 Å². The van der Waals surface area contributed by atoms with Gasteiger partial charge in [0.15, 0.2) is 0 Å². The summed E-state index contributed by atoms with van der Waals surface area (Å²) in [6.07, 6.45) is 8.83. The van der Waals surface area contributed by atoms with Gasteiger partial charge >= 0.3 is 0 Å². The van der Waals surface area contributed by atoms with Crippen LogP contribution in [0.25, 0.3) is 0 Å². The van der Waals surface area contributed by atoms with E-state index in [0.717, 1.165) is 17.8 Å². The lowest BCUT2D eigenvalue weighted by molar-refractivity contribution is 0.239. The van der Waals surface area contributed by atoms with E-state index in [1.807, 2.05) is 0 Å². The van der Waals surface area contributed by atoms with Crippen LogP contribution in [0.1, 0.15) is 52.4 Å². The molecule has 0 spiro atoms. The van der Waals surface area contributed by atoms with Crippen LogP contribution in [0.5, 0.6) is 0 Å². The topological polar surface area (TPSA) is 0 Å². The molecule has 78 valence electrons. The lowest BCUT2D eigenvalue weighted by atomic mass is 9.78. The van der Waals surface area contributed by atoms with Gasteiger partial charge in [0, 0.05) is 5.33 Å². The van der Waals surface area contributed by atoms with Crippen molar-refractivity contribution in [3.63, 3.8) is 0 Å². The molecule has 0 aromatic rings. The highest BCUT2D eigenvalue weighted by molar-refractivity contribution is 9.09. The van der Waals surface area contributed by atoms with Gasteiger partial charge in [0.25, 0.3) is 0 Å². The first-order valence-corrected chi connectivity index (χ1v) is 6.92. The van der Waals surface area contributed by atoms with Gasteiger partial charge < -0.3 is 0 Å². The highest BCUT2D eigenvalue weighted by Crippen LogP contribution is 2.34. The molecule has 0 aliphatic heterocycles. The van der Waals surface area contributed by atoms with Crippen LogP contribution in [0.4, 0.5) is 0 Å². The molecule has 0 amide bonds. The highest BCUT2D eigenvalue weighted by atomic mass is 79.9. The van der Waals surface area contributed by atoms with Crippen molar-refractivity contribution in [1.29, 1.82) is 0 Å². The lowest BCUT2D eigenvalue weighted by Crippen LogP contribution is -2.20. The van der Waals surface area contributed by atoms with Gasteiger partial charge in [0.1, 0.15) is 0 Å².